The van der Waals surface area contributed by atoms with Crippen LogP contribution < -0.4 is 0 Å². The average Bonchev–Trinajstić information content (AvgIpc) is 3.29. The van der Waals surface area contributed by atoms with E-state index < -0.39 is 35.6 Å². The Morgan fingerprint density at radius 3 is 2.74 bits per heavy atom. The number of ether oxygens (including phenoxy) is 1. The first-order valence-corrected chi connectivity index (χ1v) is 12.5. The van der Waals surface area contributed by atoms with Crippen LogP contribution in [0.1, 0.15) is 50.5 Å². The van der Waals surface area contributed by atoms with Crippen LogP contribution in [-0.2, 0) is 4.74 Å². The Hall–Kier alpha value is -2.09. The fraction of sp³-hybridized carbons (Fsp3) is 0.536. The molecule has 1 saturated heterocycles. The number of fused-ring (bicyclic) bond motifs is 2. The number of allylic oxidation sites excluding steroid dienone is 1. The van der Waals surface area contributed by atoms with E-state index in [0.29, 0.717) is 24.8 Å². The molecule has 2 spiro atoms. The van der Waals surface area contributed by atoms with Crippen molar-refractivity contribution in [3.05, 3.63) is 65.5 Å². The van der Waals surface area contributed by atoms with Crippen LogP contribution in [0.5, 0.6) is 0 Å². The smallest absolute Gasteiger partial charge is 0.110 e. The lowest BCUT2D eigenvalue weighted by atomic mass is 9.58. The van der Waals surface area contributed by atoms with Crippen molar-refractivity contribution >= 4 is 10.8 Å². The molecule has 1 aromatic carbocycles. The molecule has 6 nitrogen and oxygen atoms in total. The fourth-order valence-corrected chi connectivity index (χ4v) is 8.34. The molecule has 0 radical (unpaired) electrons. The molecule has 3 fully saturated rings. The van der Waals surface area contributed by atoms with Gasteiger partial charge in [0.15, 0.2) is 0 Å². The molecule has 2 bridgehead atoms. The van der Waals surface area contributed by atoms with Crippen LogP contribution in [0.15, 0.2) is 60.0 Å². The van der Waals surface area contributed by atoms with Crippen molar-refractivity contribution in [3.63, 3.8) is 0 Å². The Balaban J connectivity index is 1.33. The summed E-state index contributed by atoms with van der Waals surface area (Å²) in [7, 11) is 0. The summed E-state index contributed by atoms with van der Waals surface area (Å²) >= 11 is 0. The van der Waals surface area contributed by atoms with Crippen LogP contribution >= 0.6 is 0 Å². The van der Waals surface area contributed by atoms with E-state index in [2.05, 4.69) is 36.2 Å². The molecule has 2 aliphatic heterocycles. The first kappa shape index (κ1) is 21.2. The van der Waals surface area contributed by atoms with Crippen LogP contribution in [-0.4, -0.2) is 61.0 Å². The molecular formula is C28H31NO5. The second kappa shape index (κ2) is 6.77. The summed E-state index contributed by atoms with van der Waals surface area (Å²) in [5, 5.41) is 45.2. The lowest BCUT2D eigenvalue weighted by molar-refractivity contribution is -0.176. The highest BCUT2D eigenvalue weighted by Gasteiger charge is 2.69. The second-order valence-corrected chi connectivity index (χ2v) is 11.5. The Kier molecular flexibility index (Phi) is 4.22. The molecule has 3 aliphatic carbocycles. The van der Waals surface area contributed by atoms with Gasteiger partial charge in [-0.15, -0.1) is 0 Å². The molecule has 3 heterocycles. The largest absolute Gasteiger partial charge is 0.392 e. The van der Waals surface area contributed by atoms with E-state index in [4.69, 9.17) is 4.74 Å². The molecule has 178 valence electrons. The molecule has 6 heteroatoms. The zero-order chi connectivity index (χ0) is 23.5. The summed E-state index contributed by atoms with van der Waals surface area (Å²) in [6.45, 7) is 2.29. The van der Waals surface area contributed by atoms with Crippen molar-refractivity contribution in [2.45, 2.75) is 80.6 Å². The Bertz CT molecular complexity index is 1260. The van der Waals surface area contributed by atoms with Gasteiger partial charge in [-0.25, -0.2) is 0 Å². The maximum atomic E-state index is 11.5. The standard InChI is InChI=1S/C28H31NO5/c1-26-6-4-18-11-19-24(32)25(33)21(31)13-27(19)7-8-28(18,34-27)22(26)12-20(30)23(26)16-3-2-15-5-9-29-14-17(15)10-16/h2-5,9-11,14,20-25,30-33H,6-8,12-13H2,1H3/t20-,21+,22-,23?,24-,25-,26+,27-,28?/m1/s1. The van der Waals surface area contributed by atoms with Gasteiger partial charge in [0.2, 0.25) is 0 Å². The van der Waals surface area contributed by atoms with Gasteiger partial charge in [0.25, 0.3) is 0 Å². The normalized spacial score (nSPS) is 47.0. The predicted octanol–water partition coefficient (Wildman–Crippen LogP) is 2.75. The van der Waals surface area contributed by atoms with Gasteiger partial charge < -0.3 is 25.2 Å². The molecule has 2 unspecified atom stereocenters. The van der Waals surface area contributed by atoms with Gasteiger partial charge in [-0.2, -0.15) is 0 Å². The van der Waals surface area contributed by atoms with Crippen molar-refractivity contribution in [3.8, 4) is 0 Å². The van der Waals surface area contributed by atoms with Crippen molar-refractivity contribution in [2.75, 3.05) is 0 Å². The quantitative estimate of drug-likeness (QED) is 0.521. The number of hydrogen-bond donors (Lipinski definition) is 4. The van der Waals surface area contributed by atoms with Crippen molar-refractivity contribution in [1.29, 1.82) is 0 Å². The number of aliphatic hydroxyl groups excluding tert-OH is 4. The highest BCUT2D eigenvalue weighted by atomic mass is 16.5. The molecule has 1 aromatic heterocycles. The molecule has 0 amide bonds. The highest BCUT2D eigenvalue weighted by Crippen LogP contribution is 2.69. The summed E-state index contributed by atoms with van der Waals surface area (Å²) in [5.74, 6) is 0.0899. The molecule has 7 rings (SSSR count). The van der Waals surface area contributed by atoms with Crippen molar-refractivity contribution in [2.24, 2.45) is 11.3 Å². The molecular weight excluding hydrogens is 430 g/mol. The number of aromatic nitrogens is 1. The lowest BCUT2D eigenvalue weighted by Gasteiger charge is -2.55. The third kappa shape index (κ3) is 2.50. The minimum atomic E-state index is -1.19. The van der Waals surface area contributed by atoms with Gasteiger partial charge in [0, 0.05) is 36.0 Å². The minimum absolute atomic E-state index is 0.0239. The Morgan fingerprint density at radius 1 is 1.03 bits per heavy atom. The maximum absolute atomic E-state index is 11.5. The van der Waals surface area contributed by atoms with Crippen LogP contribution in [0.25, 0.3) is 10.8 Å². The van der Waals surface area contributed by atoms with Crippen molar-refractivity contribution < 1.29 is 25.2 Å². The number of hydrogen-bond acceptors (Lipinski definition) is 6. The van der Waals surface area contributed by atoms with E-state index in [1.807, 2.05) is 18.3 Å². The average molecular weight is 462 g/mol. The summed E-state index contributed by atoms with van der Waals surface area (Å²) in [6, 6.07) is 8.44. The third-order valence-electron chi connectivity index (χ3n) is 9.90. The third-order valence-corrected chi connectivity index (χ3v) is 9.90. The molecule has 4 N–H and O–H groups in total. The van der Waals surface area contributed by atoms with E-state index in [-0.39, 0.29) is 17.3 Å². The van der Waals surface area contributed by atoms with E-state index >= 15 is 0 Å². The lowest BCUT2D eigenvalue weighted by Crippen LogP contribution is -2.59. The number of pyridine rings is 1. The van der Waals surface area contributed by atoms with Crippen LogP contribution in [0.3, 0.4) is 0 Å². The minimum Gasteiger partial charge on any atom is -0.392 e. The maximum Gasteiger partial charge on any atom is 0.110 e. The van der Waals surface area contributed by atoms with Gasteiger partial charge in [-0.1, -0.05) is 31.2 Å². The number of aliphatic hydroxyl groups is 4. The van der Waals surface area contributed by atoms with Crippen LogP contribution in [0.2, 0.25) is 0 Å². The monoisotopic (exact) mass is 461 g/mol. The molecule has 5 aliphatic rings. The van der Waals surface area contributed by atoms with Gasteiger partial charge in [0.1, 0.15) is 12.2 Å². The van der Waals surface area contributed by atoms with E-state index in [1.54, 1.807) is 6.20 Å². The zero-order valence-electron chi connectivity index (χ0n) is 19.3. The van der Waals surface area contributed by atoms with E-state index in [1.165, 1.54) is 0 Å². The molecule has 2 aromatic rings. The van der Waals surface area contributed by atoms with E-state index in [9.17, 15) is 20.4 Å². The Morgan fingerprint density at radius 2 is 1.88 bits per heavy atom. The van der Waals surface area contributed by atoms with Crippen LogP contribution in [0.4, 0.5) is 0 Å². The number of rotatable bonds is 1. The summed E-state index contributed by atoms with van der Waals surface area (Å²) in [6.07, 6.45) is 7.37. The Labute approximate surface area is 198 Å². The predicted molar refractivity (Wildman–Crippen MR) is 126 cm³/mol. The number of benzene rings is 1. The zero-order valence-corrected chi connectivity index (χ0v) is 19.3. The van der Waals surface area contributed by atoms with Gasteiger partial charge >= 0.3 is 0 Å². The summed E-state index contributed by atoms with van der Waals surface area (Å²) in [4.78, 5) is 4.28. The fourth-order valence-electron chi connectivity index (χ4n) is 8.34. The number of nitrogens with zero attached hydrogens (tertiary/aromatic N) is 1. The highest BCUT2D eigenvalue weighted by molar-refractivity contribution is 5.82. The molecule has 9 atom stereocenters. The summed E-state index contributed by atoms with van der Waals surface area (Å²) in [5.41, 5.74) is 1.43. The van der Waals surface area contributed by atoms with Gasteiger partial charge in [-0.05, 0) is 65.3 Å². The SMILES string of the molecule is C[C@]12CC=C3C=C4[C@@H](O)[C@H](O)[C@@H](O)C[C@]45CCC3(O5)[C@@H]1C[C@@H](O)C2c1ccc2ccncc2c1. The first-order valence-electron chi connectivity index (χ1n) is 12.5. The molecule has 34 heavy (non-hydrogen) atoms. The molecule has 2 saturated carbocycles. The van der Waals surface area contributed by atoms with Crippen molar-refractivity contribution in [1.82, 2.24) is 4.98 Å². The first-order chi connectivity index (χ1) is 16.3. The topological polar surface area (TPSA) is 103 Å². The summed E-state index contributed by atoms with van der Waals surface area (Å²) < 4.78 is 6.96. The van der Waals surface area contributed by atoms with E-state index in [0.717, 1.165) is 34.8 Å². The van der Waals surface area contributed by atoms with Crippen LogP contribution in [0, 0.1) is 11.3 Å². The second-order valence-electron chi connectivity index (χ2n) is 11.5. The van der Waals surface area contributed by atoms with Gasteiger partial charge in [0.05, 0.1) is 23.4 Å². The van der Waals surface area contributed by atoms with Gasteiger partial charge in [-0.3, -0.25) is 4.98 Å².